The van der Waals surface area contributed by atoms with E-state index >= 15 is 0 Å². The maximum Gasteiger partial charge on any atom is 0.147 e. The van der Waals surface area contributed by atoms with Gasteiger partial charge in [0.1, 0.15) is 29.7 Å². The van der Waals surface area contributed by atoms with E-state index < -0.39 is 18.2 Å². The molecule has 1 atom stereocenters. The molecular weight excluding hydrogens is 316 g/mol. The summed E-state index contributed by atoms with van der Waals surface area (Å²) in [5, 5.41) is 9.01. The highest BCUT2D eigenvalue weighted by atomic mass is 19.1. The molecule has 1 fully saturated rings. The maximum atomic E-state index is 13.9. The van der Waals surface area contributed by atoms with Gasteiger partial charge in [0.05, 0.1) is 12.7 Å². The third kappa shape index (κ3) is 3.88. The van der Waals surface area contributed by atoms with Gasteiger partial charge in [-0.2, -0.15) is 0 Å². The van der Waals surface area contributed by atoms with Gasteiger partial charge in [0, 0.05) is 23.9 Å². The van der Waals surface area contributed by atoms with E-state index in [0.29, 0.717) is 23.5 Å². The first-order chi connectivity index (χ1) is 11.7. The molecule has 0 amide bonds. The van der Waals surface area contributed by atoms with Crippen LogP contribution >= 0.6 is 0 Å². The molecule has 1 aromatic heterocycles. The third-order valence-corrected chi connectivity index (χ3v) is 4.02. The fourth-order valence-electron chi connectivity index (χ4n) is 2.71. The van der Waals surface area contributed by atoms with Crippen LogP contribution in [0.1, 0.15) is 25.0 Å². The molecule has 2 aromatic rings. The Morgan fingerprint density at radius 3 is 2.83 bits per heavy atom. The van der Waals surface area contributed by atoms with Gasteiger partial charge in [0.25, 0.3) is 0 Å². The SMILES string of the molecule is OCc1ncc(-c2cc(F)ccc2OCC2CCCCO2)cc1F. The molecule has 128 valence electrons. The van der Waals surface area contributed by atoms with E-state index in [4.69, 9.17) is 14.6 Å². The molecule has 1 aliphatic rings. The Labute approximate surface area is 139 Å². The van der Waals surface area contributed by atoms with Crippen LogP contribution < -0.4 is 4.74 Å². The van der Waals surface area contributed by atoms with Crippen molar-refractivity contribution in [1.29, 1.82) is 0 Å². The Bertz CT molecular complexity index is 703. The van der Waals surface area contributed by atoms with E-state index in [-0.39, 0.29) is 11.8 Å². The van der Waals surface area contributed by atoms with E-state index in [1.165, 1.54) is 30.5 Å². The van der Waals surface area contributed by atoms with Gasteiger partial charge in [-0.15, -0.1) is 0 Å². The summed E-state index contributed by atoms with van der Waals surface area (Å²) < 4.78 is 38.9. The molecule has 3 rings (SSSR count). The molecule has 1 saturated heterocycles. The van der Waals surface area contributed by atoms with Gasteiger partial charge < -0.3 is 14.6 Å². The van der Waals surface area contributed by atoms with Crippen molar-refractivity contribution >= 4 is 0 Å². The first kappa shape index (κ1) is 16.8. The topological polar surface area (TPSA) is 51.6 Å². The van der Waals surface area contributed by atoms with Gasteiger partial charge >= 0.3 is 0 Å². The van der Waals surface area contributed by atoms with Crippen LogP contribution in [0.2, 0.25) is 0 Å². The quantitative estimate of drug-likeness (QED) is 0.909. The summed E-state index contributed by atoms with van der Waals surface area (Å²) in [7, 11) is 0. The minimum absolute atomic E-state index is 0.0169. The molecule has 6 heteroatoms. The number of nitrogens with zero attached hydrogens (tertiary/aromatic N) is 1. The first-order valence-corrected chi connectivity index (χ1v) is 7.97. The summed E-state index contributed by atoms with van der Waals surface area (Å²) in [6.45, 7) is 0.600. The lowest BCUT2D eigenvalue weighted by Gasteiger charge is -2.23. The lowest BCUT2D eigenvalue weighted by atomic mass is 10.1. The molecule has 0 bridgehead atoms. The predicted molar refractivity (Wildman–Crippen MR) is 84.6 cm³/mol. The molecule has 1 unspecified atom stereocenters. The normalized spacial score (nSPS) is 17.7. The summed E-state index contributed by atoms with van der Waals surface area (Å²) in [6.07, 6.45) is 4.50. The molecule has 4 nitrogen and oxygen atoms in total. The van der Waals surface area contributed by atoms with Crippen LogP contribution in [0.25, 0.3) is 11.1 Å². The molecule has 1 aliphatic heterocycles. The van der Waals surface area contributed by atoms with Crippen molar-refractivity contribution in [2.45, 2.75) is 32.0 Å². The van der Waals surface area contributed by atoms with Crippen LogP contribution in [0.4, 0.5) is 8.78 Å². The molecule has 0 aliphatic carbocycles. The summed E-state index contributed by atoms with van der Waals surface area (Å²) >= 11 is 0. The van der Waals surface area contributed by atoms with E-state index in [2.05, 4.69) is 4.98 Å². The van der Waals surface area contributed by atoms with Crippen molar-refractivity contribution in [1.82, 2.24) is 4.98 Å². The highest BCUT2D eigenvalue weighted by Crippen LogP contribution is 2.31. The molecule has 0 spiro atoms. The first-order valence-electron chi connectivity index (χ1n) is 7.97. The number of halogens is 2. The minimum atomic E-state index is -0.638. The van der Waals surface area contributed by atoms with Gasteiger partial charge in [-0.1, -0.05) is 0 Å². The van der Waals surface area contributed by atoms with Gasteiger partial charge in [-0.3, -0.25) is 4.98 Å². The monoisotopic (exact) mass is 335 g/mol. The van der Waals surface area contributed by atoms with Gasteiger partial charge in [-0.25, -0.2) is 8.78 Å². The van der Waals surface area contributed by atoms with Gasteiger partial charge in [-0.05, 0) is 43.5 Å². The van der Waals surface area contributed by atoms with Gasteiger partial charge in [0.2, 0.25) is 0 Å². The standard InChI is InChI=1S/C18H19F2NO3/c19-13-4-5-18(24-11-14-3-1-2-6-23-14)15(8-13)12-7-16(20)17(10-22)21-9-12/h4-5,7-9,14,22H,1-3,6,10-11H2. The third-order valence-electron chi connectivity index (χ3n) is 4.02. The number of rotatable bonds is 5. The Kier molecular flexibility index (Phi) is 5.37. The number of hydrogen-bond acceptors (Lipinski definition) is 4. The Balaban J connectivity index is 1.83. The van der Waals surface area contributed by atoms with Crippen molar-refractivity contribution < 1.29 is 23.4 Å². The van der Waals surface area contributed by atoms with Crippen LogP contribution in [-0.4, -0.2) is 29.4 Å². The Hall–Kier alpha value is -2.05. The molecule has 0 radical (unpaired) electrons. The predicted octanol–water partition coefficient (Wildman–Crippen LogP) is 3.47. The highest BCUT2D eigenvalue weighted by Gasteiger charge is 2.17. The summed E-state index contributed by atoms with van der Waals surface area (Å²) in [6, 6.07) is 5.32. The van der Waals surface area contributed by atoms with E-state index in [1.807, 2.05) is 0 Å². The zero-order chi connectivity index (χ0) is 16.9. The maximum absolute atomic E-state index is 13.9. The number of hydrogen-bond donors (Lipinski definition) is 1. The van der Waals surface area contributed by atoms with Gasteiger partial charge in [0.15, 0.2) is 0 Å². The Morgan fingerprint density at radius 1 is 1.25 bits per heavy atom. The van der Waals surface area contributed by atoms with Crippen LogP contribution in [0.3, 0.4) is 0 Å². The van der Waals surface area contributed by atoms with Crippen molar-refractivity contribution in [3.63, 3.8) is 0 Å². The fraction of sp³-hybridized carbons (Fsp3) is 0.389. The molecular formula is C18H19F2NO3. The minimum Gasteiger partial charge on any atom is -0.490 e. The number of ether oxygens (including phenoxy) is 2. The second-order valence-electron chi connectivity index (χ2n) is 5.75. The lowest BCUT2D eigenvalue weighted by molar-refractivity contribution is -0.0109. The van der Waals surface area contributed by atoms with Crippen LogP contribution in [0.15, 0.2) is 30.5 Å². The van der Waals surface area contributed by atoms with Crippen LogP contribution in [0.5, 0.6) is 5.75 Å². The number of pyridine rings is 1. The van der Waals surface area contributed by atoms with Crippen molar-refractivity contribution in [2.24, 2.45) is 0 Å². The smallest absolute Gasteiger partial charge is 0.147 e. The van der Waals surface area contributed by atoms with Crippen molar-refractivity contribution in [3.8, 4) is 16.9 Å². The number of aromatic nitrogens is 1. The van der Waals surface area contributed by atoms with E-state index in [1.54, 1.807) is 0 Å². The zero-order valence-corrected chi connectivity index (χ0v) is 13.2. The molecule has 0 saturated carbocycles. The largest absolute Gasteiger partial charge is 0.490 e. The second kappa shape index (κ2) is 7.68. The number of benzene rings is 1. The summed E-state index contributed by atoms with van der Waals surface area (Å²) in [4.78, 5) is 3.87. The zero-order valence-electron chi connectivity index (χ0n) is 13.2. The van der Waals surface area contributed by atoms with Crippen LogP contribution in [0, 0.1) is 11.6 Å². The Morgan fingerprint density at radius 2 is 2.12 bits per heavy atom. The van der Waals surface area contributed by atoms with E-state index in [0.717, 1.165) is 25.9 Å². The average Bonchev–Trinajstić information content (AvgIpc) is 2.61. The van der Waals surface area contributed by atoms with Crippen molar-refractivity contribution in [3.05, 3.63) is 47.8 Å². The molecule has 24 heavy (non-hydrogen) atoms. The summed E-state index contributed by atoms with van der Waals surface area (Å²) in [5.74, 6) is -0.637. The number of aliphatic hydroxyl groups excluding tert-OH is 1. The van der Waals surface area contributed by atoms with Crippen molar-refractivity contribution in [2.75, 3.05) is 13.2 Å². The molecule has 1 N–H and O–H groups in total. The summed E-state index contributed by atoms with van der Waals surface area (Å²) in [5.41, 5.74) is 0.763. The molecule has 2 heterocycles. The van der Waals surface area contributed by atoms with Crippen LogP contribution in [-0.2, 0) is 11.3 Å². The number of aliphatic hydroxyl groups is 1. The second-order valence-corrected chi connectivity index (χ2v) is 5.75. The molecule has 1 aromatic carbocycles. The highest BCUT2D eigenvalue weighted by molar-refractivity contribution is 5.70. The fourth-order valence-corrected chi connectivity index (χ4v) is 2.71. The average molecular weight is 335 g/mol. The lowest BCUT2D eigenvalue weighted by Crippen LogP contribution is -2.25. The van der Waals surface area contributed by atoms with E-state index in [9.17, 15) is 8.78 Å².